The van der Waals surface area contributed by atoms with Crippen LogP contribution in [0.5, 0.6) is 0 Å². The molecule has 3 N–H and O–H groups in total. The second kappa shape index (κ2) is 8.69. The highest BCUT2D eigenvalue weighted by Crippen LogP contribution is 2.22. The minimum atomic E-state index is -1.38. The first-order valence-corrected chi connectivity index (χ1v) is 8.65. The van der Waals surface area contributed by atoms with Gasteiger partial charge in [0.1, 0.15) is 11.6 Å². The van der Waals surface area contributed by atoms with E-state index in [0.717, 1.165) is 0 Å². The Balaban J connectivity index is 1.84. The van der Waals surface area contributed by atoms with E-state index >= 15 is 0 Å². The van der Waals surface area contributed by atoms with Gasteiger partial charge in [-0.2, -0.15) is 0 Å². The predicted octanol–water partition coefficient (Wildman–Crippen LogP) is 1.00. The Morgan fingerprint density at radius 3 is 2.14 bits per heavy atom. The summed E-state index contributed by atoms with van der Waals surface area (Å²) in [4.78, 5) is 63.8. The van der Waals surface area contributed by atoms with Crippen LogP contribution < -0.4 is 10.8 Å². The number of ether oxygens (including phenoxy) is 1. The number of hydrogen-bond donors (Lipinski definition) is 3. The van der Waals surface area contributed by atoms with Crippen LogP contribution in [0.4, 0.5) is 4.79 Å². The third-order valence-corrected chi connectivity index (χ3v) is 3.66. The van der Waals surface area contributed by atoms with E-state index in [9.17, 15) is 29.1 Å². The Kier molecular flexibility index (Phi) is 6.54. The number of hydrogen-bond acceptors (Lipinski definition) is 7. The highest BCUT2D eigenvalue weighted by Gasteiger charge is 2.37. The van der Waals surface area contributed by atoms with Crippen LogP contribution in [0.2, 0.25) is 0 Å². The molecule has 1 heterocycles. The quantitative estimate of drug-likeness (QED) is 0.447. The molecule has 1 aliphatic rings. The molecule has 0 spiro atoms. The molecule has 1 aromatic rings. The van der Waals surface area contributed by atoms with Gasteiger partial charge < -0.3 is 15.2 Å². The van der Waals surface area contributed by atoms with Crippen molar-refractivity contribution in [1.29, 1.82) is 0 Å². The van der Waals surface area contributed by atoms with E-state index in [4.69, 9.17) is 9.68 Å². The summed E-state index contributed by atoms with van der Waals surface area (Å²) in [7, 11) is 0. The molecule has 0 fully saturated rings. The zero-order valence-electron chi connectivity index (χ0n) is 16.1. The van der Waals surface area contributed by atoms with Crippen molar-refractivity contribution in [2.45, 2.75) is 45.3 Å². The normalized spacial score (nSPS) is 14.2. The van der Waals surface area contributed by atoms with Gasteiger partial charge in [0, 0.05) is 6.42 Å². The number of amides is 4. The van der Waals surface area contributed by atoms with Crippen molar-refractivity contribution in [3.63, 3.8) is 0 Å². The fraction of sp³-hybridized carbons (Fsp3) is 0.389. The van der Waals surface area contributed by atoms with E-state index in [2.05, 4.69) is 5.32 Å². The van der Waals surface area contributed by atoms with Crippen molar-refractivity contribution in [1.82, 2.24) is 15.9 Å². The van der Waals surface area contributed by atoms with Crippen molar-refractivity contribution in [3.05, 3.63) is 35.4 Å². The number of nitrogens with one attached hydrogen (secondary N) is 2. The molecule has 1 aliphatic heterocycles. The third-order valence-electron chi connectivity index (χ3n) is 3.66. The predicted molar refractivity (Wildman–Crippen MR) is 96.2 cm³/mol. The van der Waals surface area contributed by atoms with E-state index in [1.54, 1.807) is 32.9 Å². The Morgan fingerprint density at radius 2 is 1.66 bits per heavy atom. The highest BCUT2D eigenvalue weighted by molar-refractivity contribution is 6.20. The summed E-state index contributed by atoms with van der Waals surface area (Å²) in [5, 5.41) is 11.7. The molecular formula is C18H21N3O8. The Labute approximate surface area is 165 Å². The third kappa shape index (κ3) is 5.75. The maximum absolute atomic E-state index is 12.1. The molecular weight excluding hydrogens is 386 g/mol. The van der Waals surface area contributed by atoms with Crippen LogP contribution in [0.15, 0.2) is 24.3 Å². The summed E-state index contributed by atoms with van der Waals surface area (Å²) in [5.74, 6) is -3.62. The number of alkyl carbamates (subject to hydrolysis) is 1. The zero-order chi connectivity index (χ0) is 21.8. The molecule has 1 unspecified atom stereocenters. The lowest BCUT2D eigenvalue weighted by Gasteiger charge is -2.22. The largest absolute Gasteiger partial charge is 0.480 e. The van der Waals surface area contributed by atoms with Crippen molar-refractivity contribution >= 4 is 29.8 Å². The van der Waals surface area contributed by atoms with Gasteiger partial charge in [-0.1, -0.05) is 12.1 Å². The summed E-state index contributed by atoms with van der Waals surface area (Å²) in [5.41, 5.74) is 1.38. The molecule has 0 saturated heterocycles. The molecule has 0 bridgehead atoms. The topological polar surface area (TPSA) is 151 Å². The van der Waals surface area contributed by atoms with Crippen LogP contribution in [-0.2, 0) is 19.3 Å². The first kappa shape index (κ1) is 21.8. The number of carbonyl (C=O) groups excluding carboxylic acids is 4. The van der Waals surface area contributed by atoms with Crippen molar-refractivity contribution in [3.8, 4) is 0 Å². The fourth-order valence-corrected chi connectivity index (χ4v) is 2.38. The molecule has 0 radical (unpaired) electrons. The van der Waals surface area contributed by atoms with E-state index in [-0.39, 0.29) is 24.0 Å². The Morgan fingerprint density at radius 1 is 1.10 bits per heavy atom. The van der Waals surface area contributed by atoms with Gasteiger partial charge in [-0.3, -0.25) is 14.4 Å². The van der Waals surface area contributed by atoms with Crippen molar-refractivity contribution < 1.29 is 38.8 Å². The van der Waals surface area contributed by atoms with Gasteiger partial charge in [0.15, 0.2) is 0 Å². The molecule has 0 saturated carbocycles. The Hall–Kier alpha value is -3.47. The molecule has 156 valence electrons. The average Bonchev–Trinajstić information content (AvgIpc) is 2.86. The van der Waals surface area contributed by atoms with Gasteiger partial charge in [-0.15, -0.1) is 10.0 Å². The molecule has 0 aliphatic carbocycles. The van der Waals surface area contributed by atoms with Crippen molar-refractivity contribution in [2.75, 3.05) is 0 Å². The number of rotatable bonds is 7. The number of carboxylic acids is 1. The molecule has 0 aromatic heterocycles. The number of carboxylic acid groups (broad SMARTS) is 1. The van der Waals surface area contributed by atoms with Gasteiger partial charge in [-0.25, -0.2) is 15.1 Å². The van der Waals surface area contributed by atoms with Crippen LogP contribution in [0.3, 0.4) is 0 Å². The molecule has 2 rings (SSSR count). The van der Waals surface area contributed by atoms with Crippen LogP contribution in [0, 0.1) is 0 Å². The Bertz CT molecular complexity index is 811. The van der Waals surface area contributed by atoms with Gasteiger partial charge in [0.2, 0.25) is 5.91 Å². The first-order chi connectivity index (χ1) is 13.5. The minimum absolute atomic E-state index is 0.138. The number of benzene rings is 1. The van der Waals surface area contributed by atoms with Crippen LogP contribution in [0.25, 0.3) is 0 Å². The summed E-state index contributed by atoms with van der Waals surface area (Å²) in [6.45, 7) is 4.85. The van der Waals surface area contributed by atoms with Crippen LogP contribution in [0.1, 0.15) is 54.3 Å². The number of nitrogens with zero attached hydrogens (tertiary/aromatic N) is 1. The van der Waals surface area contributed by atoms with E-state index in [0.29, 0.717) is 5.06 Å². The summed E-state index contributed by atoms with van der Waals surface area (Å²) < 4.78 is 4.97. The molecule has 1 aromatic carbocycles. The summed E-state index contributed by atoms with van der Waals surface area (Å²) in [6, 6.07) is 4.67. The van der Waals surface area contributed by atoms with Crippen molar-refractivity contribution in [2.24, 2.45) is 0 Å². The lowest BCUT2D eigenvalue weighted by atomic mass is 10.1. The second-order valence-electron chi connectivity index (χ2n) is 7.14. The molecule has 11 nitrogen and oxygen atoms in total. The van der Waals surface area contributed by atoms with E-state index in [1.807, 2.05) is 5.48 Å². The highest BCUT2D eigenvalue weighted by atomic mass is 16.8. The first-order valence-electron chi connectivity index (χ1n) is 8.65. The van der Waals surface area contributed by atoms with Gasteiger partial charge in [0.05, 0.1) is 11.1 Å². The van der Waals surface area contributed by atoms with Crippen LogP contribution in [-0.4, -0.2) is 51.6 Å². The fourth-order valence-electron chi connectivity index (χ4n) is 2.38. The number of carbonyl (C=O) groups is 5. The number of hydroxylamine groups is 3. The summed E-state index contributed by atoms with van der Waals surface area (Å²) in [6.07, 6.45) is -1.57. The molecule has 29 heavy (non-hydrogen) atoms. The van der Waals surface area contributed by atoms with Gasteiger partial charge in [-0.05, 0) is 39.3 Å². The molecule has 1 atom stereocenters. The number of aliphatic carboxylic acids is 1. The van der Waals surface area contributed by atoms with E-state index in [1.165, 1.54) is 12.1 Å². The van der Waals surface area contributed by atoms with E-state index < -0.39 is 41.4 Å². The monoisotopic (exact) mass is 407 g/mol. The molecule has 4 amide bonds. The minimum Gasteiger partial charge on any atom is -0.480 e. The van der Waals surface area contributed by atoms with Gasteiger partial charge >= 0.3 is 12.1 Å². The maximum atomic E-state index is 12.1. The molecule has 11 heteroatoms. The van der Waals surface area contributed by atoms with Crippen LogP contribution >= 0.6 is 0 Å². The maximum Gasteiger partial charge on any atom is 0.408 e. The standard InChI is InChI=1S/C18H21N3O8/c1-18(2,3)28-17(27)19-12(16(25)26)8-9-13(22)20-29-21-14(23)10-6-4-5-7-11(10)15(21)24/h4-7,12H,8-9H2,1-3H3,(H,19,27)(H,20,22)(H,25,26). The lowest BCUT2D eigenvalue weighted by Crippen LogP contribution is -2.44. The summed E-state index contributed by atoms with van der Waals surface area (Å²) >= 11 is 0. The average molecular weight is 407 g/mol. The number of imide groups is 1. The second-order valence-corrected chi connectivity index (χ2v) is 7.14. The SMILES string of the molecule is CC(C)(C)OC(=O)NC(CCC(=O)NON1C(=O)c2ccccc2C1=O)C(=O)O. The lowest BCUT2D eigenvalue weighted by molar-refractivity contribution is -0.167. The number of fused-ring (bicyclic) bond motifs is 1. The smallest absolute Gasteiger partial charge is 0.408 e. The zero-order valence-corrected chi connectivity index (χ0v) is 16.1. The van der Waals surface area contributed by atoms with Gasteiger partial charge in [0.25, 0.3) is 11.8 Å².